The van der Waals surface area contributed by atoms with Crippen molar-refractivity contribution in [1.29, 1.82) is 0 Å². The molecule has 8 nitrogen and oxygen atoms in total. The van der Waals surface area contributed by atoms with E-state index in [-0.39, 0.29) is 18.4 Å². The second-order valence-corrected chi connectivity index (χ2v) is 6.00. The summed E-state index contributed by atoms with van der Waals surface area (Å²) in [6.07, 6.45) is -1.18. The van der Waals surface area contributed by atoms with Crippen molar-refractivity contribution in [1.82, 2.24) is 10.6 Å². The Morgan fingerprint density at radius 2 is 1.85 bits per heavy atom. The predicted octanol–water partition coefficient (Wildman–Crippen LogP) is 2.36. The van der Waals surface area contributed by atoms with E-state index in [1.807, 2.05) is 6.07 Å². The summed E-state index contributed by atoms with van der Waals surface area (Å²) in [5.41, 5.74) is 1.05. The number of nitrogens with one attached hydrogen (secondary N) is 2. The molecule has 0 radical (unpaired) electrons. The van der Waals surface area contributed by atoms with Crippen molar-refractivity contribution in [3.63, 3.8) is 0 Å². The number of para-hydroxylation sites is 1. The first-order chi connectivity index (χ1) is 12.3. The molecule has 1 aromatic heterocycles. The van der Waals surface area contributed by atoms with E-state index < -0.39 is 24.0 Å². The summed E-state index contributed by atoms with van der Waals surface area (Å²) < 4.78 is 15.8. The van der Waals surface area contributed by atoms with Crippen LogP contribution in [-0.2, 0) is 20.9 Å². The molecule has 0 spiro atoms. The summed E-state index contributed by atoms with van der Waals surface area (Å²) in [7, 11) is 1.50. The molecule has 3 amide bonds. The van der Waals surface area contributed by atoms with Gasteiger partial charge in [0.05, 0.1) is 6.61 Å². The van der Waals surface area contributed by atoms with E-state index in [0.717, 1.165) is 5.39 Å². The highest BCUT2D eigenvalue weighted by Crippen LogP contribution is 2.27. The van der Waals surface area contributed by atoms with Crippen molar-refractivity contribution in [2.75, 3.05) is 7.11 Å². The third-order valence-corrected chi connectivity index (χ3v) is 3.48. The van der Waals surface area contributed by atoms with E-state index in [2.05, 4.69) is 10.6 Å². The minimum absolute atomic E-state index is 0.0284. The maximum Gasteiger partial charge on any atom is 0.375 e. The number of furan rings is 1. The average molecular weight is 362 g/mol. The summed E-state index contributed by atoms with van der Waals surface area (Å²) in [5, 5.41) is 5.35. The fraction of sp³-hybridized carbons (Fsp3) is 0.389. The Morgan fingerprint density at radius 1 is 1.15 bits per heavy atom. The van der Waals surface area contributed by atoms with Gasteiger partial charge in [0, 0.05) is 24.1 Å². The molecule has 2 aromatic rings. The van der Waals surface area contributed by atoms with Crippen LogP contribution in [0, 0.1) is 0 Å². The van der Waals surface area contributed by atoms with E-state index >= 15 is 0 Å². The molecule has 1 atom stereocenters. The molecule has 0 aliphatic rings. The number of methoxy groups -OCH3 is 1. The highest BCUT2D eigenvalue weighted by atomic mass is 16.6. The molecule has 2 N–H and O–H groups in total. The van der Waals surface area contributed by atoms with Crippen molar-refractivity contribution in [3.05, 3.63) is 35.6 Å². The Bertz CT molecular complexity index is 811. The lowest BCUT2D eigenvalue weighted by molar-refractivity contribution is -0.128. The van der Waals surface area contributed by atoms with Gasteiger partial charge in [0.1, 0.15) is 5.58 Å². The number of rotatable bonds is 6. The average Bonchev–Trinajstić information content (AvgIpc) is 2.93. The third kappa shape index (κ3) is 4.60. The second-order valence-electron chi connectivity index (χ2n) is 6.00. The van der Waals surface area contributed by atoms with Crippen molar-refractivity contribution in [3.8, 4) is 0 Å². The maximum absolute atomic E-state index is 12.4. The van der Waals surface area contributed by atoms with E-state index in [9.17, 15) is 14.4 Å². The molecule has 0 fully saturated rings. The van der Waals surface area contributed by atoms with Crippen molar-refractivity contribution >= 4 is 28.9 Å². The van der Waals surface area contributed by atoms with Crippen LogP contribution in [-0.4, -0.2) is 37.2 Å². The minimum atomic E-state index is -1.18. The second kappa shape index (κ2) is 8.48. The monoisotopic (exact) mass is 362 g/mol. The number of carbonyl (C=O) groups excluding carboxylic acids is 3. The molecule has 1 aromatic carbocycles. The largest absolute Gasteiger partial charge is 0.449 e. The molecule has 0 aliphatic heterocycles. The molecule has 2 rings (SSSR count). The quantitative estimate of drug-likeness (QED) is 0.764. The number of urea groups is 1. The number of carbonyl (C=O) groups is 3. The molecule has 0 saturated carbocycles. The highest BCUT2D eigenvalue weighted by molar-refractivity contribution is 6.00. The number of amides is 3. The molecule has 1 heterocycles. The SMILES string of the molecule is COCc1c(C(=O)O[C@H](C)C(=O)NC(=O)NC(C)C)oc2ccccc12. The van der Waals surface area contributed by atoms with Gasteiger partial charge in [-0.05, 0) is 26.8 Å². The van der Waals surface area contributed by atoms with Gasteiger partial charge in [-0.15, -0.1) is 0 Å². The van der Waals surface area contributed by atoms with Gasteiger partial charge in [-0.25, -0.2) is 9.59 Å². The first-order valence-corrected chi connectivity index (χ1v) is 8.15. The summed E-state index contributed by atoms with van der Waals surface area (Å²) in [5.74, 6) is -1.57. The number of ether oxygens (including phenoxy) is 2. The van der Waals surface area contributed by atoms with Gasteiger partial charge in [0.2, 0.25) is 5.76 Å². The Kier molecular flexibility index (Phi) is 6.35. The van der Waals surface area contributed by atoms with E-state index in [4.69, 9.17) is 13.9 Å². The van der Waals surface area contributed by atoms with Gasteiger partial charge in [-0.1, -0.05) is 18.2 Å². The summed E-state index contributed by atoms with van der Waals surface area (Å²) in [6, 6.07) is 6.33. The first-order valence-electron chi connectivity index (χ1n) is 8.15. The summed E-state index contributed by atoms with van der Waals surface area (Å²) in [4.78, 5) is 36.0. The number of hydrogen-bond acceptors (Lipinski definition) is 6. The zero-order valence-electron chi connectivity index (χ0n) is 15.1. The van der Waals surface area contributed by atoms with E-state index in [1.54, 1.807) is 32.0 Å². The van der Waals surface area contributed by atoms with Crippen LogP contribution in [0.2, 0.25) is 0 Å². The number of imide groups is 1. The fourth-order valence-electron chi connectivity index (χ4n) is 2.33. The number of esters is 1. The summed E-state index contributed by atoms with van der Waals surface area (Å²) >= 11 is 0. The zero-order valence-corrected chi connectivity index (χ0v) is 15.1. The van der Waals surface area contributed by atoms with Crippen LogP contribution in [0.3, 0.4) is 0 Å². The van der Waals surface area contributed by atoms with Crippen LogP contribution in [0.4, 0.5) is 4.79 Å². The third-order valence-electron chi connectivity index (χ3n) is 3.48. The van der Waals surface area contributed by atoms with Gasteiger partial charge in [0.15, 0.2) is 6.10 Å². The smallest absolute Gasteiger partial charge is 0.375 e. The van der Waals surface area contributed by atoms with Gasteiger partial charge in [0.25, 0.3) is 5.91 Å². The number of benzene rings is 1. The molecule has 0 bridgehead atoms. The van der Waals surface area contributed by atoms with Gasteiger partial charge in [-0.2, -0.15) is 0 Å². The molecular formula is C18H22N2O6. The minimum Gasteiger partial charge on any atom is -0.449 e. The molecule has 140 valence electrons. The fourth-order valence-corrected chi connectivity index (χ4v) is 2.33. The Morgan fingerprint density at radius 3 is 2.50 bits per heavy atom. The van der Waals surface area contributed by atoms with Crippen LogP contribution in [0.15, 0.2) is 28.7 Å². The summed E-state index contributed by atoms with van der Waals surface area (Å²) in [6.45, 7) is 5.03. The van der Waals surface area contributed by atoms with Crippen molar-refractivity contribution < 1.29 is 28.3 Å². The van der Waals surface area contributed by atoms with E-state index in [1.165, 1.54) is 14.0 Å². The van der Waals surface area contributed by atoms with Gasteiger partial charge in [-0.3, -0.25) is 10.1 Å². The standard InChI is InChI=1S/C18H22N2O6/c1-10(2)19-18(23)20-16(21)11(3)25-17(22)15-13(9-24-4)12-7-5-6-8-14(12)26-15/h5-8,10-11H,9H2,1-4H3,(H2,19,20,21,23)/t11-/m1/s1. The lowest BCUT2D eigenvalue weighted by Crippen LogP contribution is -2.46. The van der Waals surface area contributed by atoms with Gasteiger partial charge >= 0.3 is 12.0 Å². The lowest BCUT2D eigenvalue weighted by Gasteiger charge is -2.14. The predicted molar refractivity (Wildman–Crippen MR) is 93.6 cm³/mol. The van der Waals surface area contributed by atoms with Crippen molar-refractivity contribution in [2.45, 2.75) is 39.5 Å². The van der Waals surface area contributed by atoms with Crippen LogP contribution < -0.4 is 10.6 Å². The first kappa shape index (κ1) is 19.5. The van der Waals surface area contributed by atoms with Crippen LogP contribution in [0.5, 0.6) is 0 Å². The topological polar surface area (TPSA) is 107 Å². The van der Waals surface area contributed by atoms with Crippen LogP contribution in [0.25, 0.3) is 11.0 Å². The molecule has 0 aliphatic carbocycles. The molecular weight excluding hydrogens is 340 g/mol. The Hall–Kier alpha value is -2.87. The Balaban J connectivity index is 2.11. The number of hydrogen-bond donors (Lipinski definition) is 2. The lowest BCUT2D eigenvalue weighted by atomic mass is 10.1. The number of fused-ring (bicyclic) bond motifs is 1. The maximum atomic E-state index is 12.4. The zero-order chi connectivity index (χ0) is 19.3. The highest BCUT2D eigenvalue weighted by Gasteiger charge is 2.26. The molecule has 0 saturated heterocycles. The van der Waals surface area contributed by atoms with Crippen LogP contribution in [0.1, 0.15) is 36.9 Å². The molecule has 0 unspecified atom stereocenters. The van der Waals surface area contributed by atoms with Crippen molar-refractivity contribution in [2.24, 2.45) is 0 Å². The Labute approximate surface area is 150 Å². The van der Waals surface area contributed by atoms with E-state index in [0.29, 0.717) is 11.1 Å². The van der Waals surface area contributed by atoms with Gasteiger partial charge < -0.3 is 19.2 Å². The molecule has 8 heteroatoms. The van der Waals surface area contributed by atoms with Crippen LogP contribution >= 0.6 is 0 Å². The molecule has 26 heavy (non-hydrogen) atoms. The normalized spacial score (nSPS) is 12.0.